The number of aliphatic carboxylic acids is 1. The zero-order chi connectivity index (χ0) is 14.1. The minimum atomic E-state index is -0.833. The average Bonchev–Trinajstić information content (AvgIpc) is 2.38. The van der Waals surface area contributed by atoms with Crippen molar-refractivity contribution in [2.75, 3.05) is 0 Å². The largest absolute Gasteiger partial charge is 0.481 e. The molecule has 0 spiro atoms. The maximum Gasteiger partial charge on any atom is 0.300 e. The van der Waals surface area contributed by atoms with Crippen LogP contribution in [0.25, 0.3) is 12.2 Å². The smallest absolute Gasteiger partial charge is 0.300 e. The first-order valence-corrected chi connectivity index (χ1v) is 6.08. The van der Waals surface area contributed by atoms with Gasteiger partial charge < -0.3 is 5.11 Å². The molecule has 0 aromatic heterocycles. The second-order valence-electron chi connectivity index (χ2n) is 4.12. The lowest BCUT2D eigenvalue weighted by molar-refractivity contribution is -0.134. The Morgan fingerprint density at radius 1 is 0.947 bits per heavy atom. The lowest BCUT2D eigenvalue weighted by Gasteiger charge is -1.98. The van der Waals surface area contributed by atoms with Crippen LogP contribution >= 0.6 is 0 Å². The van der Waals surface area contributed by atoms with Crippen molar-refractivity contribution in [1.29, 1.82) is 0 Å². The Morgan fingerprint density at radius 3 is 2.05 bits per heavy atom. The molecule has 2 aromatic rings. The van der Waals surface area contributed by atoms with Crippen LogP contribution in [0.1, 0.15) is 23.6 Å². The first-order valence-electron chi connectivity index (χ1n) is 6.08. The van der Waals surface area contributed by atoms with Crippen molar-refractivity contribution < 1.29 is 9.90 Å². The Labute approximate surface area is 114 Å². The molecule has 98 valence electrons. The minimum Gasteiger partial charge on any atom is -0.481 e. The lowest BCUT2D eigenvalue weighted by atomic mass is 10.1. The number of carbonyl (C=O) groups is 1. The summed E-state index contributed by atoms with van der Waals surface area (Å²) in [6.07, 6.45) is 4.30. The predicted octanol–water partition coefficient (Wildman–Crippen LogP) is 4.26. The summed E-state index contributed by atoms with van der Waals surface area (Å²) in [7, 11) is 0. The zero-order valence-electron chi connectivity index (χ0n) is 11.2. The van der Waals surface area contributed by atoms with E-state index in [1.165, 1.54) is 16.7 Å². The molecule has 2 heteroatoms. The summed E-state index contributed by atoms with van der Waals surface area (Å²) < 4.78 is 0. The molecule has 0 aliphatic heterocycles. The van der Waals surface area contributed by atoms with Crippen LogP contribution in [0.5, 0.6) is 0 Å². The summed E-state index contributed by atoms with van der Waals surface area (Å²) in [4.78, 5) is 9.00. The summed E-state index contributed by atoms with van der Waals surface area (Å²) in [5.41, 5.74) is 3.83. The van der Waals surface area contributed by atoms with Crippen LogP contribution in [-0.4, -0.2) is 11.1 Å². The summed E-state index contributed by atoms with van der Waals surface area (Å²) in [6, 6.07) is 18.7. The quantitative estimate of drug-likeness (QED) is 0.813. The standard InChI is InChI=1S/C15H14.C2H4O2/c1-13-7-5-6-10-15(13)12-11-14-8-3-2-4-9-14;1-2(3)4/h2-12H,1H3;1H3,(H,3,4). The normalized spacial score (nSPS) is 9.79. The Bertz CT molecular complexity index is 538. The highest BCUT2D eigenvalue weighted by Gasteiger charge is 1.90. The molecule has 0 radical (unpaired) electrons. The summed E-state index contributed by atoms with van der Waals surface area (Å²) in [5, 5.41) is 7.42. The van der Waals surface area contributed by atoms with Crippen molar-refractivity contribution in [2.45, 2.75) is 13.8 Å². The zero-order valence-corrected chi connectivity index (χ0v) is 11.2. The van der Waals surface area contributed by atoms with Crippen LogP contribution < -0.4 is 0 Å². The summed E-state index contributed by atoms with van der Waals surface area (Å²) in [6.45, 7) is 3.21. The molecule has 0 aliphatic carbocycles. The minimum absolute atomic E-state index is 0.833. The fraction of sp³-hybridized carbons (Fsp3) is 0.118. The van der Waals surface area contributed by atoms with Crippen molar-refractivity contribution in [3.8, 4) is 0 Å². The lowest BCUT2D eigenvalue weighted by Crippen LogP contribution is -1.78. The molecule has 0 saturated heterocycles. The van der Waals surface area contributed by atoms with Gasteiger partial charge in [-0.25, -0.2) is 0 Å². The third-order valence-electron chi connectivity index (χ3n) is 2.44. The van der Waals surface area contributed by atoms with Crippen LogP contribution in [0, 0.1) is 6.92 Å². The number of hydrogen-bond donors (Lipinski definition) is 1. The molecule has 0 aliphatic rings. The van der Waals surface area contributed by atoms with Gasteiger partial charge in [0.1, 0.15) is 0 Å². The SMILES string of the molecule is CC(=O)O.Cc1ccccc1C=Cc1ccccc1. The average molecular weight is 254 g/mol. The molecular weight excluding hydrogens is 236 g/mol. The van der Waals surface area contributed by atoms with E-state index in [1.54, 1.807) is 0 Å². The fourth-order valence-corrected chi connectivity index (χ4v) is 1.52. The van der Waals surface area contributed by atoms with E-state index in [9.17, 15) is 0 Å². The van der Waals surface area contributed by atoms with Crippen molar-refractivity contribution in [3.63, 3.8) is 0 Å². The molecule has 2 aromatic carbocycles. The molecular formula is C17H18O2. The van der Waals surface area contributed by atoms with Gasteiger partial charge in [0, 0.05) is 6.92 Å². The Kier molecular flexibility index (Phi) is 6.10. The van der Waals surface area contributed by atoms with Crippen molar-refractivity contribution >= 4 is 18.1 Å². The topological polar surface area (TPSA) is 37.3 Å². The van der Waals surface area contributed by atoms with E-state index in [0.29, 0.717) is 0 Å². The number of carboxylic acid groups (broad SMARTS) is 1. The molecule has 0 saturated carbocycles. The predicted molar refractivity (Wildman–Crippen MR) is 79.9 cm³/mol. The molecule has 2 nitrogen and oxygen atoms in total. The van der Waals surface area contributed by atoms with Gasteiger partial charge in [0.2, 0.25) is 0 Å². The van der Waals surface area contributed by atoms with Gasteiger partial charge >= 0.3 is 0 Å². The van der Waals surface area contributed by atoms with Gasteiger partial charge in [0.25, 0.3) is 5.97 Å². The second kappa shape index (κ2) is 7.88. The van der Waals surface area contributed by atoms with E-state index in [2.05, 4.69) is 67.6 Å². The first kappa shape index (κ1) is 14.7. The fourth-order valence-electron chi connectivity index (χ4n) is 1.52. The van der Waals surface area contributed by atoms with E-state index in [1.807, 2.05) is 6.07 Å². The third-order valence-corrected chi connectivity index (χ3v) is 2.44. The molecule has 2 rings (SSSR count). The number of rotatable bonds is 2. The Hall–Kier alpha value is -2.35. The van der Waals surface area contributed by atoms with Gasteiger partial charge in [0.15, 0.2) is 0 Å². The number of hydrogen-bond acceptors (Lipinski definition) is 1. The van der Waals surface area contributed by atoms with Crippen LogP contribution in [0.4, 0.5) is 0 Å². The van der Waals surface area contributed by atoms with Crippen molar-refractivity contribution in [1.82, 2.24) is 0 Å². The van der Waals surface area contributed by atoms with E-state index >= 15 is 0 Å². The highest BCUT2D eigenvalue weighted by Crippen LogP contribution is 2.11. The molecule has 19 heavy (non-hydrogen) atoms. The van der Waals surface area contributed by atoms with Gasteiger partial charge in [-0.3, -0.25) is 4.79 Å². The van der Waals surface area contributed by atoms with E-state index in [0.717, 1.165) is 6.92 Å². The van der Waals surface area contributed by atoms with Gasteiger partial charge in [-0.1, -0.05) is 66.7 Å². The Morgan fingerprint density at radius 2 is 1.47 bits per heavy atom. The number of carboxylic acids is 1. The van der Waals surface area contributed by atoms with Crippen LogP contribution in [-0.2, 0) is 4.79 Å². The summed E-state index contributed by atoms with van der Waals surface area (Å²) >= 11 is 0. The number of benzene rings is 2. The van der Waals surface area contributed by atoms with Gasteiger partial charge in [-0.2, -0.15) is 0 Å². The van der Waals surface area contributed by atoms with Crippen molar-refractivity contribution in [2.24, 2.45) is 0 Å². The molecule has 0 atom stereocenters. The molecule has 0 fully saturated rings. The van der Waals surface area contributed by atoms with E-state index in [-0.39, 0.29) is 0 Å². The molecule has 1 N–H and O–H groups in total. The van der Waals surface area contributed by atoms with Gasteiger partial charge in [-0.15, -0.1) is 0 Å². The number of aryl methyl sites for hydroxylation is 1. The maximum absolute atomic E-state index is 9.00. The van der Waals surface area contributed by atoms with Crippen LogP contribution in [0.15, 0.2) is 54.6 Å². The maximum atomic E-state index is 9.00. The molecule has 0 unspecified atom stereocenters. The van der Waals surface area contributed by atoms with E-state index < -0.39 is 5.97 Å². The van der Waals surface area contributed by atoms with Gasteiger partial charge in [-0.05, 0) is 23.6 Å². The van der Waals surface area contributed by atoms with Gasteiger partial charge in [0.05, 0.1) is 0 Å². The first-order chi connectivity index (χ1) is 9.09. The van der Waals surface area contributed by atoms with Crippen LogP contribution in [0.3, 0.4) is 0 Å². The summed E-state index contributed by atoms with van der Waals surface area (Å²) in [5.74, 6) is -0.833. The van der Waals surface area contributed by atoms with Crippen molar-refractivity contribution in [3.05, 3.63) is 71.3 Å². The van der Waals surface area contributed by atoms with E-state index in [4.69, 9.17) is 9.90 Å². The molecule has 0 amide bonds. The monoisotopic (exact) mass is 254 g/mol. The molecule has 0 bridgehead atoms. The van der Waals surface area contributed by atoms with Crippen LogP contribution in [0.2, 0.25) is 0 Å². The molecule has 0 heterocycles. The Balaban J connectivity index is 0.000000399. The highest BCUT2D eigenvalue weighted by atomic mass is 16.4. The third kappa shape index (κ3) is 6.22. The highest BCUT2D eigenvalue weighted by molar-refractivity contribution is 5.70. The second-order valence-corrected chi connectivity index (χ2v) is 4.12.